The molecule has 0 unspecified atom stereocenters. The minimum absolute atomic E-state index is 0.418. The quantitative estimate of drug-likeness (QED) is 0.647. The lowest BCUT2D eigenvalue weighted by Gasteiger charge is -2.05. The highest BCUT2D eigenvalue weighted by Gasteiger charge is 2.04. The first-order valence-electron chi connectivity index (χ1n) is 5.12. The van der Waals surface area contributed by atoms with E-state index in [1.165, 1.54) is 0 Å². The predicted molar refractivity (Wildman–Crippen MR) is 63.2 cm³/mol. The van der Waals surface area contributed by atoms with Crippen LogP contribution in [0.2, 0.25) is 0 Å². The van der Waals surface area contributed by atoms with Gasteiger partial charge in [0.15, 0.2) is 0 Å². The van der Waals surface area contributed by atoms with Gasteiger partial charge in [0.2, 0.25) is 0 Å². The van der Waals surface area contributed by atoms with E-state index in [-0.39, 0.29) is 0 Å². The molecular formula is C13H12O4. The first-order chi connectivity index (χ1) is 8.22. The van der Waals surface area contributed by atoms with E-state index in [0.29, 0.717) is 5.75 Å². The molecule has 4 nitrogen and oxygen atoms in total. The first-order valence-corrected chi connectivity index (χ1v) is 5.12. The van der Waals surface area contributed by atoms with Crippen molar-refractivity contribution in [2.24, 2.45) is 0 Å². The molecule has 0 aliphatic heterocycles. The van der Waals surface area contributed by atoms with Gasteiger partial charge in [-0.1, -0.05) is 12.1 Å². The van der Waals surface area contributed by atoms with Crippen molar-refractivity contribution in [1.82, 2.24) is 0 Å². The molecule has 0 saturated heterocycles. The topological polar surface area (TPSA) is 55.8 Å². The molecule has 0 saturated carbocycles. The van der Waals surface area contributed by atoms with Crippen molar-refractivity contribution in [2.75, 3.05) is 13.7 Å². The zero-order chi connectivity index (χ0) is 12.3. The lowest BCUT2D eigenvalue weighted by molar-refractivity contribution is -0.137. The number of benzene rings is 2. The van der Waals surface area contributed by atoms with Gasteiger partial charge in [-0.3, -0.25) is 0 Å². The Hall–Kier alpha value is -2.07. The monoisotopic (exact) mass is 232 g/mol. The van der Waals surface area contributed by atoms with Gasteiger partial charge in [0.25, 0.3) is 0 Å². The van der Waals surface area contributed by atoms with Crippen molar-refractivity contribution in [3.63, 3.8) is 0 Å². The van der Waals surface area contributed by atoms with Crippen LogP contribution in [-0.2, 0) is 4.79 Å². The Bertz CT molecular complexity index is 548. The van der Waals surface area contributed by atoms with E-state index in [1.54, 1.807) is 19.2 Å². The van der Waals surface area contributed by atoms with E-state index >= 15 is 0 Å². The number of hydrogen-bond acceptors (Lipinski definition) is 4. The number of aliphatic hydroxyl groups excluding tert-OH is 1. The van der Waals surface area contributed by atoms with Crippen LogP contribution in [0.3, 0.4) is 0 Å². The molecule has 0 aliphatic carbocycles. The third-order valence-corrected chi connectivity index (χ3v) is 2.38. The third kappa shape index (κ3) is 2.54. The minimum atomic E-state index is -0.669. The molecule has 2 aromatic rings. The normalized spacial score (nSPS) is 10.2. The Morgan fingerprint density at radius 3 is 2.29 bits per heavy atom. The highest BCUT2D eigenvalue weighted by molar-refractivity contribution is 5.86. The maximum absolute atomic E-state index is 10.9. The van der Waals surface area contributed by atoms with Crippen LogP contribution in [0, 0.1) is 0 Å². The molecule has 0 aliphatic rings. The molecule has 88 valence electrons. The van der Waals surface area contributed by atoms with Crippen LogP contribution in [-0.4, -0.2) is 24.8 Å². The van der Waals surface area contributed by atoms with Crippen LogP contribution in [0.4, 0.5) is 0 Å². The Morgan fingerprint density at radius 2 is 1.71 bits per heavy atom. The molecular weight excluding hydrogens is 220 g/mol. The fourth-order valence-corrected chi connectivity index (χ4v) is 1.56. The van der Waals surface area contributed by atoms with Gasteiger partial charge in [-0.25, -0.2) is 4.79 Å². The number of carbonyl (C=O) groups excluding carboxylic acids is 1. The van der Waals surface area contributed by atoms with Gasteiger partial charge in [0.05, 0.1) is 7.11 Å². The smallest absolute Gasteiger partial charge is 0.337 e. The van der Waals surface area contributed by atoms with E-state index in [2.05, 4.69) is 0 Å². The molecule has 0 amide bonds. The fraction of sp³-hybridized carbons (Fsp3) is 0.154. The first kappa shape index (κ1) is 11.4. The molecule has 0 heterocycles. The number of rotatable bonds is 3. The maximum atomic E-state index is 10.9. The Kier molecular flexibility index (Phi) is 3.25. The highest BCUT2D eigenvalue weighted by atomic mass is 16.5. The van der Waals surface area contributed by atoms with E-state index in [0.717, 1.165) is 16.5 Å². The van der Waals surface area contributed by atoms with Gasteiger partial charge in [-0.05, 0) is 35.0 Å². The van der Waals surface area contributed by atoms with E-state index < -0.39 is 12.6 Å². The summed E-state index contributed by atoms with van der Waals surface area (Å²) < 4.78 is 10.0. The van der Waals surface area contributed by atoms with Gasteiger partial charge < -0.3 is 14.6 Å². The maximum Gasteiger partial charge on any atom is 0.337 e. The second-order valence-electron chi connectivity index (χ2n) is 3.51. The summed E-state index contributed by atoms with van der Waals surface area (Å²) in [6.07, 6.45) is 0. The second-order valence-corrected chi connectivity index (χ2v) is 3.51. The van der Waals surface area contributed by atoms with Gasteiger partial charge >= 0.3 is 5.97 Å². The molecule has 17 heavy (non-hydrogen) atoms. The zero-order valence-corrected chi connectivity index (χ0v) is 9.34. The lowest BCUT2D eigenvalue weighted by atomic mass is 10.1. The summed E-state index contributed by atoms with van der Waals surface area (Å²) in [5, 5.41) is 10.5. The summed E-state index contributed by atoms with van der Waals surface area (Å²) in [7, 11) is 1.61. The van der Waals surface area contributed by atoms with Crippen LogP contribution in [0.25, 0.3) is 10.8 Å². The Morgan fingerprint density at radius 1 is 1.12 bits per heavy atom. The summed E-state index contributed by atoms with van der Waals surface area (Å²) >= 11 is 0. The fourth-order valence-electron chi connectivity index (χ4n) is 1.56. The van der Waals surface area contributed by atoms with E-state index in [9.17, 15) is 4.79 Å². The largest absolute Gasteiger partial charge is 0.497 e. The molecule has 1 N–H and O–H groups in total. The average Bonchev–Trinajstić information content (AvgIpc) is 2.38. The van der Waals surface area contributed by atoms with Crippen molar-refractivity contribution in [1.29, 1.82) is 0 Å². The zero-order valence-electron chi connectivity index (χ0n) is 9.34. The molecule has 4 heteroatoms. The Labute approximate surface area is 98.4 Å². The summed E-state index contributed by atoms with van der Waals surface area (Å²) in [6.45, 7) is -0.624. The summed E-state index contributed by atoms with van der Waals surface area (Å²) in [6, 6.07) is 10.9. The molecule has 0 atom stereocenters. The number of fused-ring (bicyclic) bond motifs is 1. The number of aliphatic hydroxyl groups is 1. The summed E-state index contributed by atoms with van der Waals surface area (Å²) in [4.78, 5) is 10.9. The van der Waals surface area contributed by atoms with Crippen LogP contribution < -0.4 is 9.47 Å². The van der Waals surface area contributed by atoms with Crippen molar-refractivity contribution in [3.8, 4) is 11.5 Å². The van der Waals surface area contributed by atoms with Crippen molar-refractivity contribution < 1.29 is 19.4 Å². The second kappa shape index (κ2) is 4.84. The number of carbonyl (C=O) groups is 1. The van der Waals surface area contributed by atoms with Gasteiger partial charge in [-0.15, -0.1) is 0 Å². The van der Waals surface area contributed by atoms with Gasteiger partial charge in [0, 0.05) is 0 Å². The third-order valence-electron chi connectivity index (χ3n) is 2.38. The summed E-state index contributed by atoms with van der Waals surface area (Å²) in [5.74, 6) is 0.525. The number of hydrogen-bond donors (Lipinski definition) is 1. The van der Waals surface area contributed by atoms with Gasteiger partial charge in [-0.2, -0.15) is 0 Å². The molecule has 0 bridgehead atoms. The Balaban J connectivity index is 2.34. The molecule has 0 fully saturated rings. The molecule has 0 spiro atoms. The van der Waals surface area contributed by atoms with Crippen LogP contribution >= 0.6 is 0 Å². The van der Waals surface area contributed by atoms with Crippen LogP contribution in [0.1, 0.15) is 0 Å². The van der Waals surface area contributed by atoms with Crippen molar-refractivity contribution in [3.05, 3.63) is 36.4 Å². The van der Waals surface area contributed by atoms with Crippen LogP contribution in [0.5, 0.6) is 11.5 Å². The van der Waals surface area contributed by atoms with E-state index in [4.69, 9.17) is 14.6 Å². The standard InChI is InChI=1S/C13H12O4/c1-16-11-4-2-10-7-12(17-13(15)8-14)5-3-9(10)6-11/h2-7,14H,8H2,1H3. The number of methoxy groups -OCH3 is 1. The highest BCUT2D eigenvalue weighted by Crippen LogP contribution is 2.24. The molecule has 2 rings (SSSR count). The van der Waals surface area contributed by atoms with Gasteiger partial charge in [0.1, 0.15) is 18.1 Å². The minimum Gasteiger partial charge on any atom is -0.497 e. The average molecular weight is 232 g/mol. The van der Waals surface area contributed by atoms with Crippen molar-refractivity contribution >= 4 is 16.7 Å². The lowest BCUT2D eigenvalue weighted by Crippen LogP contribution is -2.11. The van der Waals surface area contributed by atoms with E-state index in [1.807, 2.05) is 24.3 Å². The van der Waals surface area contributed by atoms with Crippen molar-refractivity contribution in [2.45, 2.75) is 0 Å². The van der Waals surface area contributed by atoms with Crippen LogP contribution in [0.15, 0.2) is 36.4 Å². The molecule has 0 aromatic heterocycles. The number of ether oxygens (including phenoxy) is 2. The molecule has 2 aromatic carbocycles. The summed E-state index contributed by atoms with van der Waals surface area (Å²) in [5.41, 5.74) is 0. The SMILES string of the molecule is COc1ccc2cc(OC(=O)CO)ccc2c1. The molecule has 0 radical (unpaired) electrons. The number of esters is 1. The predicted octanol–water partition coefficient (Wildman–Crippen LogP) is 1.75.